The molecule has 6 N–H and O–H groups in total. The number of ether oxygens (including phenoxy) is 3. The Kier molecular flexibility index (Phi) is 10.8. The number of rotatable bonds is 9. The van der Waals surface area contributed by atoms with Crippen molar-refractivity contribution in [2.24, 2.45) is 5.92 Å². The third kappa shape index (κ3) is 8.93. The minimum atomic E-state index is -1.80. The van der Waals surface area contributed by atoms with Crippen LogP contribution in [0.1, 0.15) is 40.2 Å². The summed E-state index contributed by atoms with van der Waals surface area (Å²) in [7, 11) is 0. The molecule has 1 aromatic rings. The number of hydrogen-bond acceptors (Lipinski definition) is 10. The first-order chi connectivity index (χ1) is 17.2. The molecule has 37 heavy (non-hydrogen) atoms. The summed E-state index contributed by atoms with van der Waals surface area (Å²) in [6.45, 7) is 7.90. The molecule has 1 heterocycles. The zero-order valence-corrected chi connectivity index (χ0v) is 21.7. The lowest BCUT2D eigenvalue weighted by Crippen LogP contribution is -2.60. The summed E-state index contributed by atoms with van der Waals surface area (Å²) in [6, 6.07) is 6.60. The van der Waals surface area contributed by atoms with E-state index in [-0.39, 0.29) is 12.3 Å². The first-order valence-corrected chi connectivity index (χ1v) is 12.1. The number of carbonyl (C=O) groups excluding carboxylic acids is 3. The second kappa shape index (κ2) is 13.2. The van der Waals surface area contributed by atoms with E-state index in [0.717, 1.165) is 0 Å². The molecule has 1 aliphatic rings. The van der Waals surface area contributed by atoms with Crippen molar-refractivity contribution in [3.8, 4) is 0 Å². The lowest BCUT2D eigenvalue weighted by molar-refractivity contribution is -0.284. The maximum absolute atomic E-state index is 13.2. The molecule has 0 radical (unpaired) electrons. The molecule has 1 aliphatic heterocycles. The van der Waals surface area contributed by atoms with E-state index in [1.807, 2.05) is 0 Å². The van der Waals surface area contributed by atoms with Crippen molar-refractivity contribution < 1.29 is 49.0 Å². The van der Waals surface area contributed by atoms with Crippen molar-refractivity contribution >= 4 is 18.0 Å². The van der Waals surface area contributed by atoms with Gasteiger partial charge in [0.15, 0.2) is 0 Å². The lowest BCUT2D eigenvalue weighted by Gasteiger charge is -2.39. The van der Waals surface area contributed by atoms with Crippen LogP contribution in [0.2, 0.25) is 0 Å². The third-order valence-electron chi connectivity index (χ3n) is 5.59. The molecule has 1 fully saturated rings. The lowest BCUT2D eigenvalue weighted by atomic mass is 9.99. The number of alkyl carbamates (subject to hydrolysis) is 1. The Balaban J connectivity index is 2.18. The summed E-state index contributed by atoms with van der Waals surface area (Å²) in [5.74, 6) is -1.63. The molecule has 2 rings (SSSR count). The van der Waals surface area contributed by atoms with E-state index in [0.29, 0.717) is 5.56 Å². The molecular weight excluding hydrogens is 488 g/mol. The van der Waals surface area contributed by atoms with Crippen LogP contribution in [0.15, 0.2) is 30.3 Å². The molecular formula is C25H38N2O10. The highest BCUT2D eigenvalue weighted by molar-refractivity contribution is 5.90. The molecule has 1 aromatic carbocycles. The smallest absolute Gasteiger partial charge is 0.410 e. The Hall–Kier alpha value is -2.77. The highest BCUT2D eigenvalue weighted by Crippen LogP contribution is 2.22. The quantitative estimate of drug-likeness (QED) is 0.232. The van der Waals surface area contributed by atoms with Crippen molar-refractivity contribution in [2.75, 3.05) is 6.61 Å². The zero-order valence-electron chi connectivity index (χ0n) is 21.7. The van der Waals surface area contributed by atoms with Crippen molar-refractivity contribution in [2.45, 2.75) is 89.4 Å². The Morgan fingerprint density at radius 1 is 1.00 bits per heavy atom. The number of nitrogens with one attached hydrogen (secondary N) is 2. The predicted octanol–water partition coefficient (Wildman–Crippen LogP) is -0.394. The first kappa shape index (κ1) is 30.5. The van der Waals surface area contributed by atoms with Crippen LogP contribution in [0.4, 0.5) is 4.79 Å². The molecule has 12 nitrogen and oxygen atoms in total. The maximum atomic E-state index is 13.2. The number of aliphatic hydroxyl groups excluding tert-OH is 4. The number of esters is 1. The largest absolute Gasteiger partial charge is 0.458 e. The Morgan fingerprint density at radius 3 is 2.16 bits per heavy atom. The third-order valence-corrected chi connectivity index (χ3v) is 5.59. The fraction of sp³-hybridized carbons (Fsp3) is 0.640. The van der Waals surface area contributed by atoms with Crippen LogP contribution < -0.4 is 10.6 Å². The summed E-state index contributed by atoms with van der Waals surface area (Å²) in [5.41, 5.74) is -0.0691. The molecule has 7 atom stereocenters. The molecule has 0 aromatic heterocycles. The molecule has 2 amide bonds. The van der Waals surface area contributed by atoms with Gasteiger partial charge in [0.2, 0.25) is 12.2 Å². The highest BCUT2D eigenvalue weighted by atomic mass is 16.7. The van der Waals surface area contributed by atoms with Crippen LogP contribution in [0.5, 0.6) is 0 Å². The standard InChI is InChI=1S/C25H38N2O10/c1-13(2)17(22(33)37-25(3,4)5)27-21(32)15(11-14-9-7-6-8-10-14)26-24(34)36-23-20(31)19(30)18(29)16(12-28)35-23/h6-10,13,15-20,23,28-31H,11-12H2,1-5H3,(H,26,34)(H,27,32)/t15-,16+,17-,18-,19-,20+,23-/m0/s1. The van der Waals surface area contributed by atoms with Crippen molar-refractivity contribution in [3.63, 3.8) is 0 Å². The summed E-state index contributed by atoms with van der Waals surface area (Å²) in [4.78, 5) is 38.6. The zero-order chi connectivity index (χ0) is 27.9. The number of amides is 2. The average Bonchev–Trinajstić information content (AvgIpc) is 2.81. The van der Waals surface area contributed by atoms with E-state index in [2.05, 4.69) is 10.6 Å². The van der Waals surface area contributed by atoms with Gasteiger partial charge in [0, 0.05) is 6.42 Å². The summed E-state index contributed by atoms with van der Waals surface area (Å²) in [6.07, 6.45) is -9.30. The van der Waals surface area contributed by atoms with Crippen LogP contribution in [0.25, 0.3) is 0 Å². The van der Waals surface area contributed by atoms with E-state index in [1.54, 1.807) is 65.0 Å². The Bertz CT molecular complexity index is 902. The molecule has 0 bridgehead atoms. The van der Waals surface area contributed by atoms with Crippen molar-refractivity contribution in [3.05, 3.63) is 35.9 Å². The minimum Gasteiger partial charge on any atom is -0.458 e. The van der Waals surface area contributed by atoms with Gasteiger partial charge in [-0.3, -0.25) is 4.79 Å². The SMILES string of the molecule is CC(C)[C@H](NC(=O)[C@H](Cc1ccccc1)NC(=O)O[C@@H]1O[C@H](CO)[C@H](O)[C@H](O)[C@H]1O)C(=O)OC(C)(C)C. The molecule has 0 aliphatic carbocycles. The molecule has 0 saturated carbocycles. The van der Waals surface area contributed by atoms with E-state index in [1.165, 1.54) is 0 Å². The van der Waals surface area contributed by atoms with Gasteiger partial charge in [-0.05, 0) is 32.3 Å². The van der Waals surface area contributed by atoms with E-state index < -0.39 is 73.0 Å². The van der Waals surface area contributed by atoms with Crippen LogP contribution in [-0.2, 0) is 30.2 Å². The highest BCUT2D eigenvalue weighted by Gasteiger charge is 2.45. The molecule has 0 spiro atoms. The summed E-state index contributed by atoms with van der Waals surface area (Å²) in [5, 5.41) is 44.3. The second-order valence-electron chi connectivity index (χ2n) is 10.3. The Labute approximate surface area is 215 Å². The topological polar surface area (TPSA) is 184 Å². The number of carbonyl (C=O) groups is 3. The molecule has 12 heteroatoms. The van der Waals surface area contributed by atoms with Crippen molar-refractivity contribution in [1.82, 2.24) is 10.6 Å². The fourth-order valence-corrected chi connectivity index (χ4v) is 3.62. The number of benzene rings is 1. The van der Waals surface area contributed by atoms with Crippen LogP contribution in [0.3, 0.4) is 0 Å². The Morgan fingerprint density at radius 2 is 1.62 bits per heavy atom. The van der Waals surface area contributed by atoms with Gasteiger partial charge in [-0.2, -0.15) is 0 Å². The van der Waals surface area contributed by atoms with Gasteiger partial charge in [0.1, 0.15) is 42.1 Å². The van der Waals surface area contributed by atoms with Crippen LogP contribution in [-0.4, -0.2) is 93.4 Å². The minimum absolute atomic E-state index is 0.0373. The average molecular weight is 527 g/mol. The van der Waals surface area contributed by atoms with Gasteiger partial charge in [0.05, 0.1) is 6.61 Å². The summed E-state index contributed by atoms with van der Waals surface area (Å²) >= 11 is 0. The van der Waals surface area contributed by atoms with Gasteiger partial charge >= 0.3 is 12.1 Å². The van der Waals surface area contributed by atoms with Gasteiger partial charge in [-0.15, -0.1) is 0 Å². The molecule has 1 saturated heterocycles. The normalized spacial score (nSPS) is 25.6. The van der Waals surface area contributed by atoms with Crippen LogP contribution in [0, 0.1) is 5.92 Å². The van der Waals surface area contributed by atoms with Gasteiger partial charge in [0.25, 0.3) is 0 Å². The maximum Gasteiger partial charge on any atom is 0.410 e. The number of hydrogen-bond donors (Lipinski definition) is 6. The van der Waals surface area contributed by atoms with Gasteiger partial charge < -0.3 is 45.3 Å². The second-order valence-corrected chi connectivity index (χ2v) is 10.3. The monoisotopic (exact) mass is 526 g/mol. The van der Waals surface area contributed by atoms with E-state index in [4.69, 9.17) is 14.2 Å². The van der Waals surface area contributed by atoms with Crippen LogP contribution >= 0.6 is 0 Å². The van der Waals surface area contributed by atoms with Gasteiger partial charge in [-0.1, -0.05) is 44.2 Å². The van der Waals surface area contributed by atoms with Gasteiger partial charge in [-0.25, -0.2) is 9.59 Å². The molecule has 208 valence electrons. The van der Waals surface area contributed by atoms with E-state index >= 15 is 0 Å². The fourth-order valence-electron chi connectivity index (χ4n) is 3.62. The summed E-state index contributed by atoms with van der Waals surface area (Å²) < 4.78 is 15.7. The van der Waals surface area contributed by atoms with Crippen molar-refractivity contribution in [1.29, 1.82) is 0 Å². The predicted molar refractivity (Wildman–Crippen MR) is 130 cm³/mol. The number of aliphatic hydroxyl groups is 4. The first-order valence-electron chi connectivity index (χ1n) is 12.1. The van der Waals surface area contributed by atoms with E-state index in [9.17, 15) is 34.8 Å². The molecule has 0 unspecified atom stereocenters.